The Labute approximate surface area is 137 Å². The fraction of sp³-hybridized carbons (Fsp3) is 0.588. The van der Waals surface area contributed by atoms with Gasteiger partial charge in [0.15, 0.2) is 0 Å². The molecule has 2 rings (SSSR count). The van der Waals surface area contributed by atoms with Crippen molar-refractivity contribution < 1.29 is 9.53 Å². The molecule has 0 radical (unpaired) electrons. The van der Waals surface area contributed by atoms with Gasteiger partial charge in [0.1, 0.15) is 0 Å². The second-order valence-electron chi connectivity index (χ2n) is 5.94. The Balaban J connectivity index is 1.64. The van der Waals surface area contributed by atoms with Crippen molar-refractivity contribution in [3.63, 3.8) is 0 Å². The first-order valence-electron chi connectivity index (χ1n) is 7.83. The van der Waals surface area contributed by atoms with Crippen LogP contribution in [0.25, 0.3) is 0 Å². The van der Waals surface area contributed by atoms with E-state index >= 15 is 0 Å². The highest BCUT2D eigenvalue weighted by Crippen LogP contribution is 2.20. The Kier molecular flexibility index (Phi) is 6.58. The third-order valence-electron chi connectivity index (χ3n) is 4.03. The van der Waals surface area contributed by atoms with Crippen LogP contribution in [-0.4, -0.2) is 50.0 Å². The molecule has 2 amide bonds. The molecule has 122 valence electrons. The number of hydrogen-bond donors (Lipinski definition) is 1. The zero-order valence-electron chi connectivity index (χ0n) is 13.7. The minimum absolute atomic E-state index is 0.00702. The Hall–Kier alpha value is -1.20. The first-order valence-corrected chi connectivity index (χ1v) is 8.81. The molecule has 5 heteroatoms. The van der Waals surface area contributed by atoms with E-state index in [1.807, 2.05) is 7.05 Å². The third-order valence-corrected chi connectivity index (χ3v) is 5.02. The largest absolute Gasteiger partial charge is 0.381 e. The molecule has 0 aliphatic carbocycles. The molecule has 1 aliphatic heterocycles. The van der Waals surface area contributed by atoms with Gasteiger partial charge in [-0.05, 0) is 43.5 Å². The van der Waals surface area contributed by atoms with E-state index in [9.17, 15) is 4.79 Å². The van der Waals surface area contributed by atoms with Crippen LogP contribution in [-0.2, 0) is 4.74 Å². The highest BCUT2D eigenvalue weighted by Gasteiger charge is 2.19. The average Bonchev–Trinajstić information content (AvgIpc) is 2.99. The number of hydrogen-bond acceptors (Lipinski definition) is 3. The fourth-order valence-electron chi connectivity index (χ4n) is 2.46. The molecular weight excluding hydrogens is 296 g/mol. The van der Waals surface area contributed by atoms with Crippen molar-refractivity contribution >= 4 is 17.8 Å². The van der Waals surface area contributed by atoms with Gasteiger partial charge in [0.25, 0.3) is 0 Å². The van der Waals surface area contributed by atoms with Gasteiger partial charge in [-0.1, -0.05) is 6.07 Å². The van der Waals surface area contributed by atoms with E-state index in [0.717, 1.165) is 31.9 Å². The van der Waals surface area contributed by atoms with Crippen molar-refractivity contribution in [1.82, 2.24) is 10.2 Å². The Morgan fingerprint density at radius 3 is 2.91 bits per heavy atom. The Morgan fingerprint density at radius 1 is 1.41 bits per heavy atom. The number of thioether (sulfide) groups is 1. The van der Waals surface area contributed by atoms with E-state index in [1.54, 1.807) is 16.7 Å². The normalized spacial score (nSPS) is 17.5. The van der Waals surface area contributed by atoms with Crippen LogP contribution in [0.2, 0.25) is 0 Å². The summed E-state index contributed by atoms with van der Waals surface area (Å²) in [5.74, 6) is 1.37. The number of nitrogens with one attached hydrogen (secondary N) is 1. The number of nitrogens with zero attached hydrogens (tertiary/aromatic N) is 1. The maximum Gasteiger partial charge on any atom is 0.317 e. The summed E-state index contributed by atoms with van der Waals surface area (Å²) in [5.41, 5.74) is 2.63. The topological polar surface area (TPSA) is 41.6 Å². The monoisotopic (exact) mass is 322 g/mol. The van der Waals surface area contributed by atoms with Gasteiger partial charge in [-0.3, -0.25) is 0 Å². The van der Waals surface area contributed by atoms with Gasteiger partial charge >= 0.3 is 6.03 Å². The number of aryl methyl sites for hydroxylation is 2. The maximum absolute atomic E-state index is 12.0. The molecule has 1 N–H and O–H groups in total. The van der Waals surface area contributed by atoms with Crippen LogP contribution in [0.3, 0.4) is 0 Å². The van der Waals surface area contributed by atoms with Gasteiger partial charge in [0.05, 0.1) is 6.61 Å². The van der Waals surface area contributed by atoms with Crippen LogP contribution in [0.5, 0.6) is 0 Å². The van der Waals surface area contributed by atoms with Crippen molar-refractivity contribution in [2.75, 3.05) is 39.1 Å². The highest BCUT2D eigenvalue weighted by atomic mass is 32.2. The molecule has 0 saturated carbocycles. The minimum Gasteiger partial charge on any atom is -0.381 e. The van der Waals surface area contributed by atoms with Gasteiger partial charge in [-0.15, -0.1) is 11.8 Å². The molecule has 1 saturated heterocycles. The van der Waals surface area contributed by atoms with Crippen LogP contribution >= 0.6 is 11.8 Å². The molecule has 0 bridgehead atoms. The number of carbonyl (C=O) groups is 1. The fourth-order valence-corrected chi connectivity index (χ4v) is 3.33. The minimum atomic E-state index is 0.00702. The second-order valence-corrected chi connectivity index (χ2v) is 7.10. The lowest BCUT2D eigenvalue weighted by atomic mass is 10.1. The molecule has 1 unspecified atom stereocenters. The lowest BCUT2D eigenvalue weighted by Gasteiger charge is -2.20. The lowest BCUT2D eigenvalue weighted by Crippen LogP contribution is -2.40. The van der Waals surface area contributed by atoms with Gasteiger partial charge in [-0.2, -0.15) is 0 Å². The van der Waals surface area contributed by atoms with E-state index in [1.165, 1.54) is 16.0 Å². The molecule has 1 atom stereocenters. The number of rotatable bonds is 6. The highest BCUT2D eigenvalue weighted by molar-refractivity contribution is 7.99. The molecule has 0 spiro atoms. The van der Waals surface area contributed by atoms with Crippen molar-refractivity contribution in [2.45, 2.75) is 25.2 Å². The SMILES string of the molecule is Cc1ccc(SCCNC(=O)N(C)CC2CCOC2)cc1C. The van der Waals surface area contributed by atoms with E-state index in [4.69, 9.17) is 4.74 Å². The molecule has 4 nitrogen and oxygen atoms in total. The van der Waals surface area contributed by atoms with E-state index in [2.05, 4.69) is 37.4 Å². The molecule has 1 heterocycles. The smallest absolute Gasteiger partial charge is 0.317 e. The summed E-state index contributed by atoms with van der Waals surface area (Å²) >= 11 is 1.78. The first-order chi connectivity index (χ1) is 10.6. The molecule has 0 aromatic heterocycles. The van der Waals surface area contributed by atoms with Crippen LogP contribution in [0.1, 0.15) is 17.5 Å². The average molecular weight is 322 g/mol. The maximum atomic E-state index is 12.0. The lowest BCUT2D eigenvalue weighted by molar-refractivity contribution is 0.171. The number of carbonyl (C=O) groups excluding carboxylic acids is 1. The summed E-state index contributed by atoms with van der Waals surface area (Å²) in [4.78, 5) is 15.0. The Morgan fingerprint density at radius 2 is 2.23 bits per heavy atom. The number of ether oxygens (including phenoxy) is 1. The van der Waals surface area contributed by atoms with Crippen LogP contribution in [0.4, 0.5) is 4.79 Å². The summed E-state index contributed by atoms with van der Waals surface area (Å²) in [7, 11) is 1.85. The van der Waals surface area contributed by atoms with E-state index < -0.39 is 0 Å². The predicted molar refractivity (Wildman–Crippen MR) is 91.6 cm³/mol. The summed E-state index contributed by atoms with van der Waals surface area (Å²) in [6.45, 7) is 7.31. The number of amides is 2. The molecule has 1 aromatic rings. The Bertz CT molecular complexity index is 501. The van der Waals surface area contributed by atoms with Crippen molar-refractivity contribution in [3.8, 4) is 0 Å². The van der Waals surface area contributed by atoms with Gasteiger partial charge in [-0.25, -0.2) is 4.79 Å². The van der Waals surface area contributed by atoms with Crippen molar-refractivity contribution in [3.05, 3.63) is 29.3 Å². The van der Waals surface area contributed by atoms with Gasteiger partial charge < -0.3 is 15.0 Å². The van der Waals surface area contributed by atoms with Gasteiger partial charge in [0, 0.05) is 43.3 Å². The van der Waals surface area contributed by atoms with Crippen LogP contribution in [0.15, 0.2) is 23.1 Å². The number of urea groups is 1. The molecule has 22 heavy (non-hydrogen) atoms. The zero-order valence-corrected chi connectivity index (χ0v) is 14.5. The van der Waals surface area contributed by atoms with Crippen LogP contribution in [0, 0.1) is 19.8 Å². The van der Waals surface area contributed by atoms with Crippen molar-refractivity contribution in [1.29, 1.82) is 0 Å². The number of benzene rings is 1. The first kappa shape index (κ1) is 17.2. The van der Waals surface area contributed by atoms with Gasteiger partial charge in [0.2, 0.25) is 0 Å². The zero-order chi connectivity index (χ0) is 15.9. The molecule has 1 aromatic carbocycles. The van der Waals surface area contributed by atoms with E-state index in [-0.39, 0.29) is 6.03 Å². The second kappa shape index (κ2) is 8.44. The van der Waals surface area contributed by atoms with Crippen molar-refractivity contribution in [2.24, 2.45) is 5.92 Å². The summed E-state index contributed by atoms with van der Waals surface area (Å²) < 4.78 is 5.34. The molecular formula is C17H26N2O2S. The third kappa shape index (κ3) is 5.21. The summed E-state index contributed by atoms with van der Waals surface area (Å²) in [6.07, 6.45) is 1.06. The predicted octanol–water partition coefficient (Wildman–Crippen LogP) is 3.07. The van der Waals surface area contributed by atoms with E-state index in [0.29, 0.717) is 12.5 Å². The molecule has 1 fully saturated rings. The quantitative estimate of drug-likeness (QED) is 0.646. The standard InChI is InChI=1S/C17H26N2O2S/c1-13-4-5-16(10-14(13)2)22-9-7-18-17(20)19(3)11-15-6-8-21-12-15/h4-5,10,15H,6-9,11-12H2,1-3H3,(H,18,20). The molecule has 1 aliphatic rings. The van der Waals surface area contributed by atoms with Crippen LogP contribution < -0.4 is 5.32 Å². The summed E-state index contributed by atoms with van der Waals surface area (Å²) in [5, 5.41) is 2.98. The summed E-state index contributed by atoms with van der Waals surface area (Å²) in [6, 6.07) is 6.50.